The largest absolute Gasteiger partial charge is 0.399 e. The summed E-state index contributed by atoms with van der Waals surface area (Å²) in [6, 6.07) is 4.69. The monoisotopic (exact) mass is 296 g/mol. The highest BCUT2D eigenvalue weighted by atomic mass is 32.2. The van der Waals surface area contributed by atoms with Crippen molar-refractivity contribution in [3.05, 3.63) is 23.8 Å². The molecule has 1 aliphatic heterocycles. The fraction of sp³-hybridized carbons (Fsp3) is 0.571. The van der Waals surface area contributed by atoms with Crippen molar-refractivity contribution in [3.63, 3.8) is 0 Å². The van der Waals surface area contributed by atoms with Crippen molar-refractivity contribution in [2.75, 3.05) is 12.3 Å². The lowest BCUT2D eigenvalue weighted by atomic mass is 10.1. The van der Waals surface area contributed by atoms with Crippen LogP contribution >= 0.6 is 0 Å². The Kier molecular flexibility index (Phi) is 3.48. The molecule has 20 heavy (non-hydrogen) atoms. The summed E-state index contributed by atoms with van der Waals surface area (Å²) in [5, 5.41) is 0. The zero-order valence-electron chi connectivity index (χ0n) is 11.5. The lowest BCUT2D eigenvalue weighted by Crippen LogP contribution is -2.41. The maximum atomic E-state index is 12.4. The number of anilines is 1. The van der Waals surface area contributed by atoms with Crippen LogP contribution in [0.2, 0.25) is 0 Å². The van der Waals surface area contributed by atoms with E-state index in [1.165, 1.54) is 0 Å². The Bertz CT molecular complexity index is 611. The molecule has 2 fully saturated rings. The quantitative estimate of drug-likeness (QED) is 0.823. The van der Waals surface area contributed by atoms with Crippen molar-refractivity contribution in [2.45, 2.75) is 43.2 Å². The first kappa shape index (κ1) is 13.9. The molecule has 1 aromatic rings. The molecule has 0 spiro atoms. The van der Waals surface area contributed by atoms with Gasteiger partial charge in [0, 0.05) is 12.3 Å². The van der Waals surface area contributed by atoms with E-state index < -0.39 is 10.0 Å². The summed E-state index contributed by atoms with van der Waals surface area (Å²) < 4.78 is 33.3. The lowest BCUT2D eigenvalue weighted by molar-refractivity contribution is 0.0848. The number of rotatable bonds is 4. The molecule has 5 nitrogen and oxygen atoms in total. The summed E-state index contributed by atoms with van der Waals surface area (Å²) in [5.74, 6) is 0.526. The van der Waals surface area contributed by atoms with Crippen LogP contribution in [0.1, 0.15) is 24.8 Å². The van der Waals surface area contributed by atoms with Crippen LogP contribution in [-0.2, 0) is 14.8 Å². The molecule has 2 aliphatic rings. The van der Waals surface area contributed by atoms with E-state index in [1.54, 1.807) is 25.1 Å². The van der Waals surface area contributed by atoms with Crippen molar-refractivity contribution in [1.82, 2.24) is 4.72 Å². The van der Waals surface area contributed by atoms with Crippen LogP contribution in [0.4, 0.5) is 5.69 Å². The average Bonchev–Trinajstić information content (AvgIpc) is 3.14. The third-order valence-electron chi connectivity index (χ3n) is 4.08. The van der Waals surface area contributed by atoms with Crippen LogP contribution in [0, 0.1) is 12.8 Å². The van der Waals surface area contributed by atoms with Gasteiger partial charge in [-0.05, 0) is 55.9 Å². The molecule has 1 heterocycles. The van der Waals surface area contributed by atoms with Crippen molar-refractivity contribution >= 4 is 15.7 Å². The minimum atomic E-state index is -3.51. The fourth-order valence-electron chi connectivity index (χ4n) is 2.71. The van der Waals surface area contributed by atoms with Gasteiger partial charge >= 0.3 is 0 Å². The van der Waals surface area contributed by atoms with E-state index in [-0.39, 0.29) is 17.0 Å². The number of sulfonamides is 1. The summed E-state index contributed by atoms with van der Waals surface area (Å²) in [5.41, 5.74) is 7.10. The van der Waals surface area contributed by atoms with E-state index in [4.69, 9.17) is 10.5 Å². The standard InChI is InChI=1S/C14H20N2O3S/c1-9-8-11(4-5-12(9)15)20(17,18)16-13-6-7-19-14(13)10-2-3-10/h4-5,8,10,13-14,16H,2-3,6-7,15H2,1H3. The van der Waals surface area contributed by atoms with Gasteiger partial charge in [-0.15, -0.1) is 0 Å². The van der Waals surface area contributed by atoms with Crippen LogP contribution in [0.15, 0.2) is 23.1 Å². The normalized spacial score (nSPS) is 26.9. The van der Waals surface area contributed by atoms with Gasteiger partial charge in [-0.25, -0.2) is 13.1 Å². The summed E-state index contributed by atoms with van der Waals surface area (Å²) in [7, 11) is -3.51. The molecule has 1 aromatic carbocycles. The van der Waals surface area contributed by atoms with Gasteiger partial charge in [0.1, 0.15) is 0 Å². The van der Waals surface area contributed by atoms with Crippen molar-refractivity contribution in [2.24, 2.45) is 5.92 Å². The van der Waals surface area contributed by atoms with E-state index in [1.807, 2.05) is 0 Å². The van der Waals surface area contributed by atoms with Crippen molar-refractivity contribution in [3.8, 4) is 0 Å². The average molecular weight is 296 g/mol. The number of hydrogen-bond donors (Lipinski definition) is 2. The van der Waals surface area contributed by atoms with Gasteiger partial charge in [0.15, 0.2) is 0 Å². The Balaban J connectivity index is 1.79. The molecule has 1 saturated heterocycles. The number of nitrogens with one attached hydrogen (secondary N) is 1. The topological polar surface area (TPSA) is 81.4 Å². The molecule has 1 saturated carbocycles. The second kappa shape index (κ2) is 5.02. The van der Waals surface area contributed by atoms with E-state index >= 15 is 0 Å². The molecular formula is C14H20N2O3S. The Hall–Kier alpha value is -1.11. The maximum absolute atomic E-state index is 12.4. The van der Waals surface area contributed by atoms with Crippen molar-refractivity contribution in [1.29, 1.82) is 0 Å². The van der Waals surface area contributed by atoms with Gasteiger partial charge in [-0.1, -0.05) is 0 Å². The van der Waals surface area contributed by atoms with Gasteiger partial charge in [0.25, 0.3) is 0 Å². The Morgan fingerprint density at radius 3 is 2.70 bits per heavy atom. The smallest absolute Gasteiger partial charge is 0.240 e. The molecule has 0 aromatic heterocycles. The van der Waals surface area contributed by atoms with Crippen LogP contribution < -0.4 is 10.5 Å². The molecule has 3 N–H and O–H groups in total. The van der Waals surface area contributed by atoms with E-state index in [9.17, 15) is 8.42 Å². The molecule has 3 rings (SSSR count). The van der Waals surface area contributed by atoms with Crippen LogP contribution in [0.5, 0.6) is 0 Å². The molecule has 2 unspecified atom stereocenters. The predicted molar refractivity (Wildman–Crippen MR) is 76.8 cm³/mol. The first-order valence-electron chi connectivity index (χ1n) is 6.97. The predicted octanol–water partition coefficient (Wildman–Crippen LogP) is 1.42. The van der Waals surface area contributed by atoms with E-state index in [0.29, 0.717) is 18.2 Å². The molecule has 1 aliphatic carbocycles. The number of ether oxygens (including phenoxy) is 1. The molecule has 0 amide bonds. The first-order chi connectivity index (χ1) is 9.47. The molecular weight excluding hydrogens is 276 g/mol. The molecule has 0 radical (unpaired) electrons. The van der Waals surface area contributed by atoms with E-state index in [0.717, 1.165) is 24.8 Å². The minimum Gasteiger partial charge on any atom is -0.399 e. The highest BCUT2D eigenvalue weighted by molar-refractivity contribution is 7.89. The summed E-state index contributed by atoms with van der Waals surface area (Å²) in [6.45, 7) is 2.44. The van der Waals surface area contributed by atoms with Gasteiger partial charge in [0.2, 0.25) is 10.0 Å². The van der Waals surface area contributed by atoms with E-state index in [2.05, 4.69) is 4.72 Å². The molecule has 2 atom stereocenters. The maximum Gasteiger partial charge on any atom is 0.240 e. The van der Waals surface area contributed by atoms with Crippen LogP contribution in [-0.4, -0.2) is 27.2 Å². The highest BCUT2D eigenvalue weighted by Crippen LogP contribution is 2.39. The highest BCUT2D eigenvalue weighted by Gasteiger charge is 2.42. The molecule has 6 heteroatoms. The first-order valence-corrected chi connectivity index (χ1v) is 8.46. The Morgan fingerprint density at radius 2 is 2.05 bits per heavy atom. The SMILES string of the molecule is Cc1cc(S(=O)(=O)NC2CCOC2C2CC2)ccc1N. The number of nitrogens with two attached hydrogens (primary N) is 1. The second-order valence-electron chi connectivity index (χ2n) is 5.71. The number of benzene rings is 1. The zero-order valence-corrected chi connectivity index (χ0v) is 12.3. The minimum absolute atomic E-state index is 0.0413. The summed E-state index contributed by atoms with van der Waals surface area (Å²) >= 11 is 0. The zero-order chi connectivity index (χ0) is 14.3. The lowest BCUT2D eigenvalue weighted by Gasteiger charge is -2.19. The second-order valence-corrected chi connectivity index (χ2v) is 7.42. The van der Waals surface area contributed by atoms with Crippen LogP contribution in [0.3, 0.4) is 0 Å². The number of nitrogen functional groups attached to an aromatic ring is 1. The fourth-order valence-corrected chi connectivity index (χ4v) is 4.08. The molecule has 110 valence electrons. The van der Waals surface area contributed by atoms with Gasteiger partial charge in [0.05, 0.1) is 17.0 Å². The summed E-state index contributed by atoms with van der Waals surface area (Å²) in [4.78, 5) is 0.269. The Morgan fingerprint density at radius 1 is 1.30 bits per heavy atom. The van der Waals surface area contributed by atoms with Gasteiger partial charge < -0.3 is 10.5 Å². The third-order valence-corrected chi connectivity index (χ3v) is 5.57. The van der Waals surface area contributed by atoms with Gasteiger partial charge in [-0.2, -0.15) is 0 Å². The van der Waals surface area contributed by atoms with Crippen molar-refractivity contribution < 1.29 is 13.2 Å². The van der Waals surface area contributed by atoms with Gasteiger partial charge in [-0.3, -0.25) is 0 Å². The Labute approximate surface area is 119 Å². The number of hydrogen-bond acceptors (Lipinski definition) is 4. The third kappa shape index (κ3) is 2.68. The van der Waals surface area contributed by atoms with Crippen LogP contribution in [0.25, 0.3) is 0 Å². The number of aryl methyl sites for hydroxylation is 1. The summed E-state index contributed by atoms with van der Waals surface area (Å²) in [6.07, 6.45) is 3.07. The molecule has 0 bridgehead atoms.